The van der Waals surface area contributed by atoms with Crippen molar-refractivity contribution in [3.8, 4) is 5.75 Å². The molecule has 0 bridgehead atoms. The Morgan fingerprint density at radius 1 is 1.22 bits per heavy atom. The fourth-order valence-electron chi connectivity index (χ4n) is 1.81. The Morgan fingerprint density at radius 3 is 2.43 bits per heavy atom. The maximum absolute atomic E-state index is 12.3. The highest BCUT2D eigenvalue weighted by atomic mass is 35.5. The molecule has 0 aliphatic heterocycles. The first kappa shape index (κ1) is 17.0. The first-order chi connectivity index (χ1) is 10.8. The van der Waals surface area contributed by atoms with Crippen molar-refractivity contribution in [3.63, 3.8) is 0 Å². The van der Waals surface area contributed by atoms with E-state index in [-0.39, 0.29) is 21.3 Å². The van der Waals surface area contributed by atoms with Crippen molar-refractivity contribution in [1.29, 1.82) is 0 Å². The lowest BCUT2D eigenvalue weighted by molar-refractivity contribution is -0.384. The molecule has 122 valence electrons. The summed E-state index contributed by atoms with van der Waals surface area (Å²) in [7, 11) is -3.87. The molecule has 2 aromatic carbocycles. The molecule has 9 heteroatoms. The molecule has 0 fully saturated rings. The maximum Gasteiger partial charge on any atom is 0.289 e. The largest absolute Gasteiger partial charge is 0.494 e. The number of sulfonamides is 1. The Hall–Kier alpha value is -2.32. The number of nitrogens with zero attached hydrogens (tertiary/aromatic N) is 1. The molecule has 1 N–H and O–H groups in total. The molecule has 0 aromatic heterocycles. The first-order valence-electron chi connectivity index (χ1n) is 6.53. The summed E-state index contributed by atoms with van der Waals surface area (Å²) in [6.07, 6.45) is 0. The number of rotatable bonds is 6. The van der Waals surface area contributed by atoms with Crippen LogP contribution in [0.5, 0.6) is 5.75 Å². The van der Waals surface area contributed by atoms with Crippen LogP contribution in [0.2, 0.25) is 5.02 Å². The van der Waals surface area contributed by atoms with Gasteiger partial charge in [0.1, 0.15) is 10.8 Å². The molecule has 2 aromatic rings. The van der Waals surface area contributed by atoms with Gasteiger partial charge in [0.05, 0.1) is 22.1 Å². The van der Waals surface area contributed by atoms with E-state index >= 15 is 0 Å². The van der Waals surface area contributed by atoms with E-state index in [0.29, 0.717) is 12.4 Å². The summed E-state index contributed by atoms with van der Waals surface area (Å²) in [6.45, 7) is 2.29. The summed E-state index contributed by atoms with van der Waals surface area (Å²) in [4.78, 5) is 10.2. The van der Waals surface area contributed by atoms with Crippen LogP contribution in [0.4, 0.5) is 11.4 Å². The molecule has 2 rings (SSSR count). The summed E-state index contributed by atoms with van der Waals surface area (Å²) in [6, 6.07) is 9.51. The predicted molar refractivity (Wildman–Crippen MR) is 86.5 cm³/mol. The zero-order chi connectivity index (χ0) is 17.0. The van der Waals surface area contributed by atoms with Crippen molar-refractivity contribution < 1.29 is 18.1 Å². The second-order valence-corrected chi connectivity index (χ2v) is 6.52. The third kappa shape index (κ3) is 4.11. The molecule has 0 unspecified atom stereocenters. The molecule has 0 amide bonds. The maximum atomic E-state index is 12.3. The highest BCUT2D eigenvalue weighted by Gasteiger charge is 2.18. The van der Waals surface area contributed by atoms with E-state index in [1.165, 1.54) is 36.4 Å². The molecule has 0 heterocycles. The van der Waals surface area contributed by atoms with Gasteiger partial charge in [0.25, 0.3) is 15.7 Å². The Labute approximate surface area is 138 Å². The molecular formula is C14H13ClN2O5S. The van der Waals surface area contributed by atoms with Crippen molar-refractivity contribution in [2.45, 2.75) is 11.8 Å². The minimum Gasteiger partial charge on any atom is -0.494 e. The second-order valence-electron chi connectivity index (χ2n) is 4.43. The monoisotopic (exact) mass is 356 g/mol. The average molecular weight is 357 g/mol. The number of halogens is 1. The summed E-state index contributed by atoms with van der Waals surface area (Å²) < 4.78 is 32.1. The van der Waals surface area contributed by atoms with Gasteiger partial charge in [-0.3, -0.25) is 14.8 Å². The van der Waals surface area contributed by atoms with Crippen LogP contribution in [0.1, 0.15) is 6.92 Å². The quantitative estimate of drug-likeness (QED) is 0.631. The van der Waals surface area contributed by atoms with Gasteiger partial charge < -0.3 is 4.74 Å². The molecule has 23 heavy (non-hydrogen) atoms. The molecule has 0 radical (unpaired) electrons. The summed E-state index contributed by atoms with van der Waals surface area (Å²) in [5.41, 5.74) is -0.325. The molecule has 7 nitrogen and oxygen atoms in total. The van der Waals surface area contributed by atoms with Crippen molar-refractivity contribution >= 4 is 33.0 Å². The summed E-state index contributed by atoms with van der Waals surface area (Å²) >= 11 is 5.69. The van der Waals surface area contributed by atoms with Crippen LogP contribution in [-0.4, -0.2) is 19.9 Å². The second kappa shape index (κ2) is 6.84. The number of hydrogen-bond acceptors (Lipinski definition) is 5. The van der Waals surface area contributed by atoms with Crippen molar-refractivity contribution in [2.24, 2.45) is 0 Å². The SMILES string of the molecule is CCOc1ccc(S(=O)(=O)Nc2ccc(Cl)c([N+](=O)[O-])c2)cc1. The average Bonchev–Trinajstić information content (AvgIpc) is 2.49. The fraction of sp³-hybridized carbons (Fsp3) is 0.143. The van der Waals surface area contributed by atoms with E-state index in [0.717, 1.165) is 6.07 Å². The predicted octanol–water partition coefficient (Wildman–Crippen LogP) is 3.45. The standard InChI is InChI=1S/C14H13ClN2O5S/c1-2-22-11-4-6-12(7-5-11)23(20,21)16-10-3-8-13(15)14(9-10)17(18)19/h3-9,16H,2H2,1H3. The molecule has 0 atom stereocenters. The third-order valence-corrected chi connectivity index (χ3v) is 4.56. The highest BCUT2D eigenvalue weighted by molar-refractivity contribution is 7.92. The molecule has 0 spiro atoms. The van der Waals surface area contributed by atoms with Gasteiger partial charge in [-0.15, -0.1) is 0 Å². The topological polar surface area (TPSA) is 98.5 Å². The Morgan fingerprint density at radius 2 is 1.87 bits per heavy atom. The van der Waals surface area contributed by atoms with Crippen molar-refractivity contribution in [3.05, 3.63) is 57.6 Å². The Bertz CT molecular complexity index is 822. The third-order valence-electron chi connectivity index (χ3n) is 2.84. The van der Waals surface area contributed by atoms with Crippen LogP contribution in [0.25, 0.3) is 0 Å². The number of nitrogens with one attached hydrogen (secondary N) is 1. The van der Waals surface area contributed by atoms with Crippen LogP contribution in [0, 0.1) is 10.1 Å². The van der Waals surface area contributed by atoms with Gasteiger partial charge >= 0.3 is 0 Å². The molecule has 0 aliphatic carbocycles. The van der Waals surface area contributed by atoms with Gasteiger partial charge in [0.2, 0.25) is 0 Å². The van der Waals surface area contributed by atoms with Crippen LogP contribution in [-0.2, 0) is 10.0 Å². The van der Waals surface area contributed by atoms with Gasteiger partial charge in [-0.1, -0.05) is 11.6 Å². The zero-order valence-corrected chi connectivity index (χ0v) is 13.6. The lowest BCUT2D eigenvalue weighted by atomic mass is 10.3. The van der Waals surface area contributed by atoms with Crippen LogP contribution < -0.4 is 9.46 Å². The van der Waals surface area contributed by atoms with E-state index in [9.17, 15) is 18.5 Å². The van der Waals surface area contributed by atoms with Crippen LogP contribution >= 0.6 is 11.6 Å². The number of benzene rings is 2. The van der Waals surface area contributed by atoms with Gasteiger partial charge in [0, 0.05) is 6.07 Å². The lowest BCUT2D eigenvalue weighted by Gasteiger charge is -2.09. The first-order valence-corrected chi connectivity index (χ1v) is 8.39. The Kier molecular flexibility index (Phi) is 5.07. The molecular weight excluding hydrogens is 344 g/mol. The number of anilines is 1. The van der Waals surface area contributed by atoms with E-state index in [1.807, 2.05) is 6.92 Å². The summed E-state index contributed by atoms with van der Waals surface area (Å²) in [5, 5.41) is 10.8. The molecule has 0 saturated carbocycles. The lowest BCUT2D eigenvalue weighted by Crippen LogP contribution is -2.13. The number of nitro benzene ring substituents is 1. The van der Waals surface area contributed by atoms with E-state index in [4.69, 9.17) is 16.3 Å². The van der Waals surface area contributed by atoms with Crippen molar-refractivity contribution in [1.82, 2.24) is 0 Å². The minimum atomic E-state index is -3.87. The fourth-order valence-corrected chi connectivity index (χ4v) is 3.05. The summed E-state index contributed by atoms with van der Waals surface area (Å²) in [5.74, 6) is 0.550. The van der Waals surface area contributed by atoms with E-state index in [1.54, 1.807) is 0 Å². The van der Waals surface area contributed by atoms with Crippen LogP contribution in [0.15, 0.2) is 47.4 Å². The van der Waals surface area contributed by atoms with Gasteiger partial charge in [-0.2, -0.15) is 0 Å². The van der Waals surface area contributed by atoms with Crippen LogP contribution in [0.3, 0.4) is 0 Å². The van der Waals surface area contributed by atoms with Gasteiger partial charge in [-0.05, 0) is 43.3 Å². The smallest absolute Gasteiger partial charge is 0.289 e. The van der Waals surface area contributed by atoms with E-state index < -0.39 is 14.9 Å². The van der Waals surface area contributed by atoms with Gasteiger partial charge in [-0.25, -0.2) is 8.42 Å². The highest BCUT2D eigenvalue weighted by Crippen LogP contribution is 2.28. The normalized spacial score (nSPS) is 11.0. The van der Waals surface area contributed by atoms with E-state index in [2.05, 4.69) is 4.72 Å². The minimum absolute atomic E-state index is 0.0126. The molecule has 0 saturated heterocycles. The number of nitro groups is 1. The Balaban J connectivity index is 2.27. The molecule has 0 aliphatic rings. The number of hydrogen-bond donors (Lipinski definition) is 1. The van der Waals surface area contributed by atoms with Gasteiger partial charge in [0.15, 0.2) is 0 Å². The number of ether oxygens (including phenoxy) is 1. The zero-order valence-electron chi connectivity index (χ0n) is 12.0. The van der Waals surface area contributed by atoms with Crippen molar-refractivity contribution in [2.75, 3.05) is 11.3 Å².